The van der Waals surface area contributed by atoms with Gasteiger partial charge in [-0.25, -0.2) is 0 Å². The Kier molecular flexibility index (Phi) is 64.4. The molecule has 0 aromatic heterocycles. The number of hydrogen-bond acceptors (Lipinski definition) is 8. The molecule has 0 aromatic carbocycles. The third kappa shape index (κ3) is 60.8. The van der Waals surface area contributed by atoms with Gasteiger partial charge in [0.2, 0.25) is 23.6 Å². The minimum atomic E-state index is 0.105. The van der Waals surface area contributed by atoms with E-state index in [2.05, 4.69) is 75.9 Å². The Balaban J connectivity index is 5.17. The molecule has 0 bridgehead atoms. The van der Waals surface area contributed by atoms with E-state index in [1.165, 1.54) is 238 Å². The lowest BCUT2D eigenvalue weighted by atomic mass is 10.1. The lowest BCUT2D eigenvalue weighted by Gasteiger charge is -2.28. The quantitative estimate of drug-likeness (QED) is 0.0380. The van der Waals surface area contributed by atoms with Gasteiger partial charge in [-0.2, -0.15) is 0 Å². The van der Waals surface area contributed by atoms with Gasteiger partial charge in [0, 0.05) is 117 Å². The summed E-state index contributed by atoms with van der Waals surface area (Å²) < 4.78 is 0. The number of nitrogens with zero attached hydrogens (tertiary/aromatic N) is 3. The average molecular weight is 1160 g/mol. The summed E-state index contributed by atoms with van der Waals surface area (Å²) in [4.78, 5) is 59.3. The first kappa shape index (κ1) is 79.7. The molecule has 0 atom stereocenters. The first-order chi connectivity index (χ1) is 40.3. The van der Waals surface area contributed by atoms with Crippen LogP contribution in [0.3, 0.4) is 0 Å². The molecule has 4 amide bonds. The summed E-state index contributed by atoms with van der Waals surface area (Å²) in [6, 6.07) is 0. The first-order valence-corrected chi connectivity index (χ1v) is 36.2. The van der Waals surface area contributed by atoms with E-state index in [0.29, 0.717) is 51.9 Å². The van der Waals surface area contributed by atoms with Gasteiger partial charge in [0.15, 0.2) is 0 Å². The molecule has 0 rings (SSSR count). The second kappa shape index (κ2) is 66.2. The van der Waals surface area contributed by atoms with Crippen molar-refractivity contribution in [3.05, 3.63) is 0 Å². The minimum absolute atomic E-state index is 0.105. The predicted molar refractivity (Wildman–Crippen MR) is 355 cm³/mol. The fourth-order valence-corrected chi connectivity index (χ4v) is 11.1. The summed E-state index contributed by atoms with van der Waals surface area (Å²) in [6.07, 6.45) is 55.6. The van der Waals surface area contributed by atoms with Gasteiger partial charge >= 0.3 is 0 Å². The number of amides is 4. The SMILES string of the molecule is CCCCCCCCCCCCCNC(=O)CCN(CCC(=O)NCCCCCCCCCCCC)CCN(CCC)CCNCCN(CCC(=O)NCCCCCCCCCCCC)CCC(=O)NCCCCCCCCCCCC. The van der Waals surface area contributed by atoms with Gasteiger partial charge in [0.1, 0.15) is 0 Å². The zero-order valence-corrected chi connectivity index (χ0v) is 55.6. The molecule has 0 spiro atoms. The van der Waals surface area contributed by atoms with E-state index in [1.807, 2.05) is 0 Å². The van der Waals surface area contributed by atoms with Crippen LogP contribution in [-0.2, 0) is 19.2 Å². The molecular weight excluding hydrogens is 1020 g/mol. The van der Waals surface area contributed by atoms with Crippen molar-refractivity contribution < 1.29 is 19.2 Å². The number of hydrogen-bond donors (Lipinski definition) is 5. The smallest absolute Gasteiger partial charge is 0.221 e. The van der Waals surface area contributed by atoms with Crippen LogP contribution in [0.5, 0.6) is 0 Å². The Bertz CT molecular complexity index is 1310. The van der Waals surface area contributed by atoms with E-state index in [-0.39, 0.29) is 23.6 Å². The predicted octanol–water partition coefficient (Wildman–Crippen LogP) is 16.0. The van der Waals surface area contributed by atoms with Crippen LogP contribution >= 0.6 is 0 Å². The molecule has 0 aliphatic heterocycles. The average Bonchev–Trinajstić information content (AvgIpc) is 3.47. The van der Waals surface area contributed by atoms with Gasteiger partial charge in [-0.05, 0) is 38.6 Å². The van der Waals surface area contributed by atoms with E-state index in [9.17, 15) is 19.2 Å². The van der Waals surface area contributed by atoms with E-state index in [4.69, 9.17) is 0 Å². The lowest BCUT2D eigenvalue weighted by molar-refractivity contribution is -0.123. The summed E-state index contributed by atoms with van der Waals surface area (Å²) in [5.41, 5.74) is 0. The van der Waals surface area contributed by atoms with Crippen LogP contribution in [0.15, 0.2) is 0 Å². The molecule has 0 radical (unpaired) electrons. The van der Waals surface area contributed by atoms with Gasteiger partial charge in [0.25, 0.3) is 0 Å². The summed E-state index contributed by atoms with van der Waals surface area (Å²) >= 11 is 0. The molecule has 12 nitrogen and oxygen atoms in total. The van der Waals surface area contributed by atoms with Gasteiger partial charge in [-0.15, -0.1) is 0 Å². The monoisotopic (exact) mass is 1160 g/mol. The fraction of sp³-hybridized carbons (Fsp3) is 0.943. The molecule has 486 valence electrons. The molecule has 0 aromatic rings. The molecule has 0 saturated heterocycles. The molecule has 5 N–H and O–H groups in total. The van der Waals surface area contributed by atoms with Crippen molar-refractivity contribution in [2.24, 2.45) is 0 Å². The van der Waals surface area contributed by atoms with Crippen LogP contribution < -0.4 is 26.6 Å². The van der Waals surface area contributed by atoms with Gasteiger partial charge in [-0.1, -0.05) is 272 Å². The van der Waals surface area contributed by atoms with Crippen LogP contribution in [0.1, 0.15) is 330 Å². The fourth-order valence-electron chi connectivity index (χ4n) is 11.1. The topological polar surface area (TPSA) is 138 Å². The van der Waals surface area contributed by atoms with Crippen molar-refractivity contribution in [3.63, 3.8) is 0 Å². The van der Waals surface area contributed by atoms with Crippen molar-refractivity contribution >= 4 is 23.6 Å². The Morgan fingerprint density at radius 3 is 0.622 bits per heavy atom. The van der Waals surface area contributed by atoms with Crippen LogP contribution in [-0.4, -0.2) is 136 Å². The molecule has 0 fully saturated rings. The maximum atomic E-state index is 13.1. The minimum Gasteiger partial charge on any atom is -0.356 e. The normalized spacial score (nSPS) is 11.6. The zero-order valence-electron chi connectivity index (χ0n) is 55.6. The highest BCUT2D eigenvalue weighted by molar-refractivity contribution is 5.77. The summed E-state index contributed by atoms with van der Waals surface area (Å²) in [5, 5.41) is 16.4. The first-order valence-electron chi connectivity index (χ1n) is 36.2. The highest BCUT2D eigenvalue weighted by atomic mass is 16.2. The number of rotatable bonds is 68. The Morgan fingerprint density at radius 1 is 0.207 bits per heavy atom. The zero-order chi connectivity index (χ0) is 59.7. The van der Waals surface area contributed by atoms with Crippen LogP contribution in [0.4, 0.5) is 0 Å². The Morgan fingerprint density at radius 2 is 0.402 bits per heavy atom. The molecule has 0 aliphatic rings. The number of unbranched alkanes of at least 4 members (excludes halogenated alkanes) is 37. The third-order valence-electron chi connectivity index (χ3n) is 16.8. The molecule has 0 aliphatic carbocycles. The number of nitrogens with one attached hydrogen (secondary N) is 5. The van der Waals surface area contributed by atoms with Crippen molar-refractivity contribution in [1.29, 1.82) is 0 Å². The highest BCUT2D eigenvalue weighted by Gasteiger charge is 2.15. The van der Waals surface area contributed by atoms with Crippen molar-refractivity contribution in [3.8, 4) is 0 Å². The summed E-state index contributed by atoms with van der Waals surface area (Å²) in [6.45, 7) is 22.9. The molecule has 0 saturated carbocycles. The van der Waals surface area contributed by atoms with Crippen molar-refractivity contribution in [2.75, 3.05) is 98.2 Å². The molecule has 12 heteroatoms. The second-order valence-corrected chi connectivity index (χ2v) is 24.8. The van der Waals surface area contributed by atoms with E-state index >= 15 is 0 Å². The van der Waals surface area contributed by atoms with Crippen LogP contribution in [0.25, 0.3) is 0 Å². The number of carbonyl (C=O) groups is 4. The van der Waals surface area contributed by atoms with Gasteiger partial charge < -0.3 is 41.3 Å². The number of carbonyl (C=O) groups excluding carboxylic acids is 4. The second-order valence-electron chi connectivity index (χ2n) is 24.8. The lowest BCUT2D eigenvalue weighted by Crippen LogP contribution is -2.42. The maximum Gasteiger partial charge on any atom is 0.221 e. The maximum absolute atomic E-state index is 13.1. The van der Waals surface area contributed by atoms with Gasteiger partial charge in [0.05, 0.1) is 0 Å². The third-order valence-corrected chi connectivity index (χ3v) is 16.8. The van der Waals surface area contributed by atoms with Gasteiger partial charge in [-0.3, -0.25) is 19.2 Å². The van der Waals surface area contributed by atoms with Crippen molar-refractivity contribution in [2.45, 2.75) is 330 Å². The van der Waals surface area contributed by atoms with Crippen LogP contribution in [0, 0.1) is 0 Å². The van der Waals surface area contributed by atoms with E-state index in [0.717, 1.165) is 104 Å². The molecular formula is C70H142N8O4. The van der Waals surface area contributed by atoms with Crippen molar-refractivity contribution in [1.82, 2.24) is 41.3 Å². The Hall–Kier alpha value is -2.28. The standard InChI is InChI=1S/C70H142N8O4/c1-6-11-15-19-23-27-31-35-39-43-47-55-75-70(82)51-62-78(61-50-69(81)74-54-46-42-38-34-30-26-22-18-14-9-4)66-65-76(58-10-5)63-56-71-57-64-77(59-48-67(79)72-52-44-40-36-32-28-24-20-16-12-7-2)60-49-68(80)73-53-45-41-37-33-29-25-21-17-13-8-3/h71H,6-66H2,1-5H3,(H,72,79)(H,73,80)(H,74,81)(H,75,82). The molecule has 82 heavy (non-hydrogen) atoms. The molecule has 0 unspecified atom stereocenters. The largest absolute Gasteiger partial charge is 0.356 e. The summed E-state index contributed by atoms with van der Waals surface area (Å²) in [5.74, 6) is 0.434. The Labute approximate surface area is 510 Å². The molecule has 0 heterocycles. The van der Waals surface area contributed by atoms with E-state index < -0.39 is 0 Å². The van der Waals surface area contributed by atoms with E-state index in [1.54, 1.807) is 0 Å². The highest BCUT2D eigenvalue weighted by Crippen LogP contribution is 2.14. The summed E-state index contributed by atoms with van der Waals surface area (Å²) in [7, 11) is 0. The van der Waals surface area contributed by atoms with Crippen LogP contribution in [0.2, 0.25) is 0 Å².